The van der Waals surface area contributed by atoms with E-state index < -0.39 is 17.5 Å². The first-order chi connectivity index (χ1) is 15.5. The summed E-state index contributed by atoms with van der Waals surface area (Å²) in [6.45, 7) is 1.12. The van der Waals surface area contributed by atoms with Crippen LogP contribution in [-0.2, 0) is 17.6 Å². The highest BCUT2D eigenvalue weighted by molar-refractivity contribution is 5.90. The van der Waals surface area contributed by atoms with Crippen LogP contribution in [-0.4, -0.2) is 50.8 Å². The van der Waals surface area contributed by atoms with Crippen LogP contribution in [0.4, 0.5) is 8.78 Å². The van der Waals surface area contributed by atoms with Crippen LogP contribution in [0.5, 0.6) is 0 Å². The summed E-state index contributed by atoms with van der Waals surface area (Å²) in [7, 11) is 0. The third-order valence-electron chi connectivity index (χ3n) is 5.79. The minimum absolute atomic E-state index is 0.0134. The van der Waals surface area contributed by atoms with E-state index in [-0.39, 0.29) is 12.6 Å². The van der Waals surface area contributed by atoms with E-state index in [9.17, 15) is 18.7 Å². The first-order valence-corrected chi connectivity index (χ1v) is 10.4. The molecule has 0 radical (unpaired) electrons. The zero-order valence-electron chi connectivity index (χ0n) is 17.3. The summed E-state index contributed by atoms with van der Waals surface area (Å²) in [6, 6.07) is 8.29. The molecule has 4 rings (SSSR count). The van der Waals surface area contributed by atoms with E-state index in [2.05, 4.69) is 14.9 Å². The summed E-state index contributed by atoms with van der Waals surface area (Å²) in [4.78, 5) is 20.8. The summed E-state index contributed by atoms with van der Waals surface area (Å²) in [5.41, 5.74) is 5.62. The Labute approximate surface area is 183 Å². The molecule has 32 heavy (non-hydrogen) atoms. The molecule has 0 spiro atoms. The number of amides is 1. The van der Waals surface area contributed by atoms with Gasteiger partial charge in [0.1, 0.15) is 5.82 Å². The molecule has 4 N–H and O–H groups in total. The summed E-state index contributed by atoms with van der Waals surface area (Å²) in [5.74, 6) is -1.79. The van der Waals surface area contributed by atoms with Crippen molar-refractivity contribution in [2.24, 2.45) is 0 Å². The molecule has 0 bridgehead atoms. The van der Waals surface area contributed by atoms with Crippen LogP contribution < -0.4 is 5.48 Å². The van der Waals surface area contributed by atoms with Crippen LogP contribution in [0.1, 0.15) is 35.0 Å². The van der Waals surface area contributed by atoms with E-state index in [1.807, 2.05) is 18.2 Å². The Kier molecular flexibility index (Phi) is 6.59. The normalized spacial score (nSPS) is 15.7. The standard InChI is InChI=1S/C23H24F2N4O3/c24-17-12-19-20(13-18(17)25)27-22(26-19)7-8-29(9-10-30)21-5-3-15-11-14(1-4-16(15)21)2-6-23(31)28-32/h1-2,4,6,11-13,21,30,32H,3,5,7-10H2,(H,26,27)(H,28,31). The van der Waals surface area contributed by atoms with Gasteiger partial charge in [0.25, 0.3) is 5.91 Å². The van der Waals surface area contributed by atoms with Gasteiger partial charge in [0.15, 0.2) is 11.6 Å². The fourth-order valence-corrected chi connectivity index (χ4v) is 4.28. The van der Waals surface area contributed by atoms with Gasteiger partial charge in [-0.15, -0.1) is 0 Å². The van der Waals surface area contributed by atoms with E-state index in [0.29, 0.717) is 36.4 Å². The number of carbonyl (C=O) groups excluding carboxylic acids is 1. The number of nitrogens with one attached hydrogen (secondary N) is 2. The molecule has 1 heterocycles. The number of fused-ring (bicyclic) bond motifs is 2. The number of rotatable bonds is 8. The van der Waals surface area contributed by atoms with Crippen molar-refractivity contribution in [3.63, 3.8) is 0 Å². The average Bonchev–Trinajstić information content (AvgIpc) is 3.38. The number of aromatic nitrogens is 2. The van der Waals surface area contributed by atoms with Gasteiger partial charge >= 0.3 is 0 Å². The summed E-state index contributed by atoms with van der Waals surface area (Å²) in [6.07, 6.45) is 5.21. The Bertz CT molecular complexity index is 1120. The molecular weight excluding hydrogens is 418 g/mol. The largest absolute Gasteiger partial charge is 0.395 e. The summed E-state index contributed by atoms with van der Waals surface area (Å²) < 4.78 is 26.9. The SMILES string of the molecule is O=C(C=Cc1ccc2c(c1)CCC2N(CCO)CCc1nc2cc(F)c(F)cc2[nH]1)NO. The molecule has 7 nitrogen and oxygen atoms in total. The Morgan fingerprint density at radius 3 is 2.84 bits per heavy atom. The van der Waals surface area contributed by atoms with E-state index in [0.717, 1.165) is 30.5 Å². The lowest BCUT2D eigenvalue weighted by Gasteiger charge is -2.28. The molecule has 2 aromatic carbocycles. The Morgan fingerprint density at radius 2 is 2.06 bits per heavy atom. The van der Waals surface area contributed by atoms with Crippen LogP contribution in [0.25, 0.3) is 17.1 Å². The van der Waals surface area contributed by atoms with Crippen molar-refractivity contribution in [3.05, 3.63) is 70.6 Å². The Morgan fingerprint density at radius 1 is 1.25 bits per heavy atom. The number of aliphatic hydroxyl groups excluding tert-OH is 1. The topological polar surface area (TPSA) is 101 Å². The maximum absolute atomic E-state index is 13.5. The van der Waals surface area contributed by atoms with Crippen LogP contribution in [0.15, 0.2) is 36.4 Å². The van der Waals surface area contributed by atoms with Gasteiger partial charge in [0.05, 0.1) is 17.6 Å². The zero-order chi connectivity index (χ0) is 22.7. The zero-order valence-corrected chi connectivity index (χ0v) is 17.3. The maximum atomic E-state index is 13.5. The monoisotopic (exact) mass is 442 g/mol. The highest BCUT2D eigenvalue weighted by Crippen LogP contribution is 2.36. The van der Waals surface area contributed by atoms with Gasteiger partial charge < -0.3 is 10.1 Å². The minimum atomic E-state index is -0.925. The van der Waals surface area contributed by atoms with Gasteiger partial charge in [0.2, 0.25) is 0 Å². The second-order valence-electron chi connectivity index (χ2n) is 7.80. The van der Waals surface area contributed by atoms with Crippen molar-refractivity contribution in [1.29, 1.82) is 0 Å². The first-order valence-electron chi connectivity index (χ1n) is 10.4. The number of H-pyrrole nitrogens is 1. The van der Waals surface area contributed by atoms with Crippen LogP contribution >= 0.6 is 0 Å². The third kappa shape index (κ3) is 4.69. The molecule has 0 aliphatic heterocycles. The third-order valence-corrected chi connectivity index (χ3v) is 5.79. The molecule has 9 heteroatoms. The number of aliphatic hydroxyl groups is 1. The van der Waals surface area contributed by atoms with Gasteiger partial charge in [-0.3, -0.25) is 14.9 Å². The Hall–Kier alpha value is -3.14. The first kappa shape index (κ1) is 22.1. The predicted octanol–water partition coefficient (Wildman–Crippen LogP) is 2.88. The van der Waals surface area contributed by atoms with Crippen molar-refractivity contribution in [2.75, 3.05) is 19.7 Å². The molecule has 1 aliphatic rings. The minimum Gasteiger partial charge on any atom is -0.395 e. The lowest BCUT2D eigenvalue weighted by molar-refractivity contribution is -0.124. The van der Waals surface area contributed by atoms with E-state index in [1.165, 1.54) is 17.2 Å². The van der Waals surface area contributed by atoms with Gasteiger partial charge in [0, 0.05) is 43.8 Å². The lowest BCUT2D eigenvalue weighted by Crippen LogP contribution is -2.32. The fraction of sp³-hybridized carbons (Fsp3) is 0.304. The van der Waals surface area contributed by atoms with Crippen LogP contribution in [0, 0.1) is 11.6 Å². The van der Waals surface area contributed by atoms with Crippen molar-refractivity contribution >= 4 is 23.0 Å². The fourth-order valence-electron chi connectivity index (χ4n) is 4.28. The number of nitrogens with zero attached hydrogens (tertiary/aromatic N) is 2. The van der Waals surface area contributed by atoms with Gasteiger partial charge in [-0.25, -0.2) is 19.2 Å². The van der Waals surface area contributed by atoms with Gasteiger partial charge in [-0.1, -0.05) is 18.2 Å². The molecule has 1 amide bonds. The highest BCUT2D eigenvalue weighted by Gasteiger charge is 2.27. The van der Waals surface area contributed by atoms with Crippen molar-refractivity contribution in [2.45, 2.75) is 25.3 Å². The second kappa shape index (κ2) is 9.56. The summed E-state index contributed by atoms with van der Waals surface area (Å²) >= 11 is 0. The summed E-state index contributed by atoms with van der Waals surface area (Å²) in [5, 5.41) is 18.2. The number of hydrogen-bond donors (Lipinski definition) is 4. The number of carbonyl (C=O) groups is 1. The van der Waals surface area contributed by atoms with Crippen molar-refractivity contribution in [3.8, 4) is 0 Å². The van der Waals surface area contributed by atoms with Gasteiger partial charge in [-0.05, 0) is 35.6 Å². The van der Waals surface area contributed by atoms with Crippen molar-refractivity contribution < 1.29 is 23.9 Å². The van der Waals surface area contributed by atoms with Crippen LogP contribution in [0.2, 0.25) is 0 Å². The molecule has 1 unspecified atom stereocenters. The molecule has 0 saturated heterocycles. The average molecular weight is 442 g/mol. The maximum Gasteiger partial charge on any atom is 0.267 e. The number of halogens is 2. The highest BCUT2D eigenvalue weighted by atomic mass is 19.2. The smallest absolute Gasteiger partial charge is 0.267 e. The molecule has 168 valence electrons. The molecule has 0 saturated carbocycles. The quantitative estimate of drug-likeness (QED) is 0.244. The second-order valence-corrected chi connectivity index (χ2v) is 7.80. The lowest BCUT2D eigenvalue weighted by atomic mass is 10.0. The van der Waals surface area contributed by atoms with E-state index in [1.54, 1.807) is 11.6 Å². The molecule has 1 aliphatic carbocycles. The number of benzene rings is 2. The number of hydroxylamine groups is 1. The molecule has 1 aromatic heterocycles. The van der Waals surface area contributed by atoms with Crippen molar-refractivity contribution in [1.82, 2.24) is 20.3 Å². The Balaban J connectivity index is 1.48. The van der Waals surface area contributed by atoms with E-state index in [4.69, 9.17) is 5.21 Å². The molecule has 3 aromatic rings. The number of aromatic amines is 1. The van der Waals surface area contributed by atoms with E-state index >= 15 is 0 Å². The predicted molar refractivity (Wildman–Crippen MR) is 115 cm³/mol. The number of imidazole rings is 1. The van der Waals surface area contributed by atoms with Crippen LogP contribution in [0.3, 0.4) is 0 Å². The number of hydrogen-bond acceptors (Lipinski definition) is 5. The molecule has 0 fully saturated rings. The molecule has 1 atom stereocenters. The van der Waals surface area contributed by atoms with Gasteiger partial charge in [-0.2, -0.15) is 0 Å². The number of aryl methyl sites for hydroxylation is 1. The molecular formula is C23H24F2N4O3.